The number of ether oxygens (including phenoxy) is 2. The van der Waals surface area contributed by atoms with Gasteiger partial charge in [0.1, 0.15) is 18.0 Å². The largest absolute Gasteiger partial charge is 0.445 e. The quantitative estimate of drug-likeness (QED) is 0.597. The van der Waals surface area contributed by atoms with Gasteiger partial charge < -0.3 is 14.4 Å². The Labute approximate surface area is 190 Å². The summed E-state index contributed by atoms with van der Waals surface area (Å²) >= 11 is 0. The first-order valence-electron chi connectivity index (χ1n) is 11.1. The number of benzene rings is 1. The molecule has 3 rings (SSSR count). The molecule has 32 heavy (non-hydrogen) atoms. The van der Waals surface area contributed by atoms with E-state index in [1.807, 2.05) is 77.1 Å². The highest BCUT2D eigenvalue weighted by molar-refractivity contribution is 5.87. The van der Waals surface area contributed by atoms with Crippen LogP contribution in [0, 0.1) is 0 Å². The van der Waals surface area contributed by atoms with E-state index in [4.69, 9.17) is 9.47 Å². The van der Waals surface area contributed by atoms with Gasteiger partial charge in [-0.3, -0.25) is 4.90 Å². The topological polar surface area (TPSA) is 72.0 Å². The maximum absolute atomic E-state index is 12.7. The number of carbonyl (C=O) groups is 2. The molecule has 2 aromatic rings. The van der Waals surface area contributed by atoms with E-state index in [0.29, 0.717) is 12.4 Å². The normalized spacial score (nSPS) is 16.2. The van der Waals surface area contributed by atoms with Crippen LogP contribution in [0.3, 0.4) is 0 Å². The van der Waals surface area contributed by atoms with Gasteiger partial charge in [-0.1, -0.05) is 36.4 Å². The summed E-state index contributed by atoms with van der Waals surface area (Å²) in [5.41, 5.74) is 1.29. The number of amides is 2. The Morgan fingerprint density at radius 3 is 2.47 bits per heavy atom. The van der Waals surface area contributed by atoms with Gasteiger partial charge in [0.25, 0.3) is 0 Å². The number of hydrogen-bond acceptors (Lipinski definition) is 5. The van der Waals surface area contributed by atoms with E-state index in [9.17, 15) is 9.59 Å². The zero-order valence-electron chi connectivity index (χ0n) is 19.6. The predicted octanol–water partition coefficient (Wildman–Crippen LogP) is 5.71. The lowest BCUT2D eigenvalue weighted by Crippen LogP contribution is -2.41. The molecule has 7 nitrogen and oxygen atoms in total. The van der Waals surface area contributed by atoms with Gasteiger partial charge in [0.05, 0.1) is 6.04 Å². The average Bonchev–Trinajstić information content (AvgIpc) is 3.22. The molecular weight excluding hydrogens is 406 g/mol. The molecule has 0 N–H and O–H groups in total. The van der Waals surface area contributed by atoms with Crippen LogP contribution in [-0.4, -0.2) is 40.3 Å². The Morgan fingerprint density at radius 1 is 1.16 bits per heavy atom. The molecule has 1 saturated heterocycles. The van der Waals surface area contributed by atoms with E-state index < -0.39 is 11.7 Å². The average molecular weight is 440 g/mol. The summed E-state index contributed by atoms with van der Waals surface area (Å²) in [4.78, 5) is 33.2. The number of carbonyl (C=O) groups excluding carboxylic acids is 2. The van der Waals surface area contributed by atoms with Gasteiger partial charge in [0.15, 0.2) is 0 Å². The number of pyridine rings is 1. The summed E-state index contributed by atoms with van der Waals surface area (Å²) in [6, 6.07) is 13.2. The van der Waals surface area contributed by atoms with Crippen LogP contribution in [0.15, 0.2) is 48.7 Å². The highest BCUT2D eigenvalue weighted by atomic mass is 16.6. The first-order valence-corrected chi connectivity index (χ1v) is 11.1. The molecule has 0 aliphatic carbocycles. The van der Waals surface area contributed by atoms with Crippen LogP contribution in [-0.2, 0) is 16.1 Å². The first kappa shape index (κ1) is 23.6. The van der Waals surface area contributed by atoms with Gasteiger partial charge in [-0.15, -0.1) is 0 Å². The number of nitrogens with zero attached hydrogens (tertiary/aromatic N) is 3. The van der Waals surface area contributed by atoms with Gasteiger partial charge >= 0.3 is 12.2 Å². The van der Waals surface area contributed by atoms with E-state index >= 15 is 0 Å². The Bertz CT molecular complexity index is 907. The molecule has 1 fully saturated rings. The van der Waals surface area contributed by atoms with Crippen LogP contribution < -0.4 is 4.90 Å². The third kappa shape index (κ3) is 5.99. The lowest BCUT2D eigenvalue weighted by Gasteiger charge is -2.30. The van der Waals surface area contributed by atoms with Crippen LogP contribution in [0.2, 0.25) is 0 Å². The molecule has 1 aromatic heterocycles. The molecule has 2 amide bonds. The van der Waals surface area contributed by atoms with Crippen molar-refractivity contribution in [2.24, 2.45) is 0 Å². The fourth-order valence-corrected chi connectivity index (χ4v) is 3.75. The Morgan fingerprint density at radius 2 is 1.88 bits per heavy atom. The van der Waals surface area contributed by atoms with Crippen LogP contribution in [0.4, 0.5) is 15.4 Å². The van der Waals surface area contributed by atoms with Gasteiger partial charge in [-0.05, 0) is 64.7 Å². The molecule has 1 aromatic carbocycles. The van der Waals surface area contributed by atoms with E-state index in [1.165, 1.54) is 4.90 Å². The van der Waals surface area contributed by atoms with E-state index in [1.54, 1.807) is 11.1 Å². The minimum Gasteiger partial charge on any atom is -0.445 e. The van der Waals surface area contributed by atoms with Crippen molar-refractivity contribution in [3.63, 3.8) is 0 Å². The summed E-state index contributed by atoms with van der Waals surface area (Å²) < 4.78 is 11.1. The van der Waals surface area contributed by atoms with Crippen molar-refractivity contribution in [2.45, 2.75) is 71.8 Å². The molecule has 1 aliphatic rings. The van der Waals surface area contributed by atoms with Crippen molar-refractivity contribution in [1.82, 2.24) is 9.88 Å². The summed E-state index contributed by atoms with van der Waals surface area (Å²) in [5.74, 6) is 0.522. The number of likely N-dealkylation sites (tertiary alicyclic amines) is 1. The minimum atomic E-state index is -0.589. The molecule has 0 spiro atoms. The minimum absolute atomic E-state index is 0.0890. The zero-order chi connectivity index (χ0) is 23.3. The zero-order valence-corrected chi connectivity index (χ0v) is 19.6. The van der Waals surface area contributed by atoms with Crippen molar-refractivity contribution < 1.29 is 19.1 Å². The van der Waals surface area contributed by atoms with Gasteiger partial charge in [-0.2, -0.15) is 0 Å². The second-order valence-corrected chi connectivity index (χ2v) is 9.29. The highest BCUT2D eigenvalue weighted by Crippen LogP contribution is 2.33. The summed E-state index contributed by atoms with van der Waals surface area (Å²) in [5, 5.41) is 0. The number of aromatic nitrogens is 1. The molecule has 1 atom stereocenters. The molecule has 0 saturated carbocycles. The smallest absolute Gasteiger partial charge is 0.416 e. The third-order valence-electron chi connectivity index (χ3n) is 5.20. The highest BCUT2D eigenvalue weighted by Gasteiger charge is 2.32. The fraction of sp³-hybridized carbons (Fsp3) is 0.480. The second kappa shape index (κ2) is 10.0. The molecule has 1 aliphatic heterocycles. The van der Waals surface area contributed by atoms with Crippen LogP contribution in [0.1, 0.15) is 64.6 Å². The monoisotopic (exact) mass is 439 g/mol. The third-order valence-corrected chi connectivity index (χ3v) is 5.20. The lowest BCUT2D eigenvalue weighted by atomic mass is 10.1. The Kier molecular flexibility index (Phi) is 7.38. The van der Waals surface area contributed by atoms with Crippen molar-refractivity contribution in [3.05, 3.63) is 59.8 Å². The molecule has 0 bridgehead atoms. The summed E-state index contributed by atoms with van der Waals surface area (Å²) in [6.45, 7) is 10.2. The maximum atomic E-state index is 12.7. The number of rotatable bonds is 5. The van der Waals surface area contributed by atoms with Crippen LogP contribution >= 0.6 is 0 Å². The Balaban J connectivity index is 1.69. The standard InChI is InChI=1S/C25H33N3O4/c1-18(2)28(24(30)32-25(3,4)5)22-14-13-20(16-26-22)21-12-9-15-27(21)23(29)31-17-19-10-7-6-8-11-19/h6-8,10-11,13-14,16,18,21H,9,12,15,17H2,1-5H3/t21-/m1/s1. The van der Waals surface area contributed by atoms with Crippen molar-refractivity contribution in [2.75, 3.05) is 11.4 Å². The maximum Gasteiger partial charge on any atom is 0.416 e. The van der Waals surface area contributed by atoms with Crippen LogP contribution in [0.25, 0.3) is 0 Å². The van der Waals surface area contributed by atoms with Gasteiger partial charge in [0, 0.05) is 18.8 Å². The first-order chi connectivity index (χ1) is 15.2. The molecule has 0 unspecified atom stereocenters. The van der Waals surface area contributed by atoms with Crippen molar-refractivity contribution >= 4 is 18.0 Å². The van der Waals surface area contributed by atoms with E-state index in [-0.39, 0.29) is 24.8 Å². The van der Waals surface area contributed by atoms with E-state index in [0.717, 1.165) is 24.0 Å². The number of anilines is 1. The Hall–Kier alpha value is -3.09. The SMILES string of the molecule is CC(C)N(C(=O)OC(C)(C)C)c1ccc([C@H]2CCCN2C(=O)OCc2ccccc2)cn1. The molecule has 2 heterocycles. The molecule has 172 valence electrons. The van der Waals surface area contributed by atoms with Gasteiger partial charge in [-0.25, -0.2) is 14.6 Å². The van der Waals surface area contributed by atoms with E-state index in [2.05, 4.69) is 4.98 Å². The summed E-state index contributed by atoms with van der Waals surface area (Å²) in [6.07, 6.45) is 2.74. The van der Waals surface area contributed by atoms with Gasteiger partial charge in [0.2, 0.25) is 0 Å². The van der Waals surface area contributed by atoms with Crippen molar-refractivity contribution in [3.8, 4) is 0 Å². The molecule has 0 radical (unpaired) electrons. The van der Waals surface area contributed by atoms with Crippen molar-refractivity contribution in [1.29, 1.82) is 0 Å². The predicted molar refractivity (Wildman–Crippen MR) is 123 cm³/mol. The molecule has 7 heteroatoms. The summed E-state index contributed by atoms with van der Waals surface area (Å²) in [7, 11) is 0. The fourth-order valence-electron chi connectivity index (χ4n) is 3.75. The number of hydrogen-bond donors (Lipinski definition) is 0. The molecular formula is C25H33N3O4. The van der Waals surface area contributed by atoms with Crippen LogP contribution in [0.5, 0.6) is 0 Å². The lowest BCUT2D eigenvalue weighted by molar-refractivity contribution is 0.0569. The second-order valence-electron chi connectivity index (χ2n) is 9.29.